The van der Waals surface area contributed by atoms with Gasteiger partial charge in [0.15, 0.2) is 0 Å². The Morgan fingerprint density at radius 2 is 2.20 bits per heavy atom. The molecule has 0 aliphatic heterocycles. The maximum absolute atomic E-state index is 4.72. The average molecular weight is 275 g/mol. The second-order valence-corrected chi connectivity index (χ2v) is 6.63. The van der Waals surface area contributed by atoms with Gasteiger partial charge in [-0.15, -0.1) is 0 Å². The highest BCUT2D eigenvalue weighted by Gasteiger charge is 2.39. The molecule has 0 fully saturated rings. The molecule has 1 aliphatic carbocycles. The Kier molecular flexibility index (Phi) is 4.82. The summed E-state index contributed by atoms with van der Waals surface area (Å²) in [4.78, 5) is 7.05. The van der Waals surface area contributed by atoms with Crippen LogP contribution >= 0.6 is 0 Å². The molecule has 2 rings (SSSR count). The highest BCUT2D eigenvalue weighted by Crippen LogP contribution is 2.37. The molecule has 112 valence electrons. The molecular weight excluding hydrogens is 246 g/mol. The summed E-state index contributed by atoms with van der Waals surface area (Å²) in [5, 5.41) is 3.73. The van der Waals surface area contributed by atoms with E-state index in [-0.39, 0.29) is 5.54 Å². The van der Waals surface area contributed by atoms with Crippen molar-refractivity contribution in [3.63, 3.8) is 0 Å². The number of pyridine rings is 1. The van der Waals surface area contributed by atoms with Crippen LogP contribution in [0, 0.1) is 0 Å². The summed E-state index contributed by atoms with van der Waals surface area (Å²) in [6, 6.07) is 4.75. The van der Waals surface area contributed by atoms with E-state index in [0.29, 0.717) is 12.0 Å². The van der Waals surface area contributed by atoms with Gasteiger partial charge in [0.05, 0.1) is 0 Å². The molecule has 0 radical (unpaired) electrons. The summed E-state index contributed by atoms with van der Waals surface area (Å²) in [6.07, 6.45) is 5.64. The second-order valence-electron chi connectivity index (χ2n) is 6.63. The lowest BCUT2D eigenvalue weighted by molar-refractivity contribution is 0.116. The largest absolute Gasteiger partial charge is 0.312 e. The summed E-state index contributed by atoms with van der Waals surface area (Å²) in [5.41, 5.74) is 2.87. The fraction of sp³-hybridized carbons (Fsp3) is 0.706. The first-order chi connectivity index (χ1) is 9.48. The molecule has 0 spiro atoms. The van der Waals surface area contributed by atoms with Gasteiger partial charge in [0.25, 0.3) is 0 Å². The van der Waals surface area contributed by atoms with Crippen molar-refractivity contribution in [1.29, 1.82) is 0 Å². The molecule has 3 heteroatoms. The number of rotatable bonds is 5. The molecule has 1 aromatic rings. The van der Waals surface area contributed by atoms with Gasteiger partial charge in [-0.3, -0.25) is 4.98 Å². The average Bonchev–Trinajstić information content (AvgIpc) is 2.44. The molecule has 3 nitrogen and oxygen atoms in total. The van der Waals surface area contributed by atoms with Crippen molar-refractivity contribution in [1.82, 2.24) is 15.2 Å². The molecule has 0 saturated carbocycles. The fourth-order valence-electron chi connectivity index (χ4n) is 3.35. The van der Waals surface area contributed by atoms with Crippen molar-refractivity contribution >= 4 is 0 Å². The summed E-state index contributed by atoms with van der Waals surface area (Å²) in [6.45, 7) is 7.86. The van der Waals surface area contributed by atoms with Gasteiger partial charge in [0.2, 0.25) is 0 Å². The van der Waals surface area contributed by atoms with E-state index < -0.39 is 0 Å². The van der Waals surface area contributed by atoms with Crippen molar-refractivity contribution in [2.24, 2.45) is 0 Å². The number of likely N-dealkylation sites (N-methyl/N-ethyl adjacent to an activating group) is 2. The number of nitrogens with zero attached hydrogens (tertiary/aromatic N) is 2. The van der Waals surface area contributed by atoms with E-state index in [4.69, 9.17) is 4.98 Å². The van der Waals surface area contributed by atoms with E-state index in [9.17, 15) is 0 Å². The van der Waals surface area contributed by atoms with Crippen molar-refractivity contribution in [2.45, 2.75) is 57.5 Å². The Bertz CT molecular complexity index is 440. The van der Waals surface area contributed by atoms with Gasteiger partial charge < -0.3 is 10.2 Å². The van der Waals surface area contributed by atoms with E-state index in [1.807, 2.05) is 6.20 Å². The molecule has 2 unspecified atom stereocenters. The Morgan fingerprint density at radius 1 is 1.45 bits per heavy atom. The summed E-state index contributed by atoms with van der Waals surface area (Å²) < 4.78 is 0. The third-order valence-electron chi connectivity index (χ3n) is 4.98. The molecular formula is C17H29N3. The van der Waals surface area contributed by atoms with E-state index >= 15 is 0 Å². The van der Waals surface area contributed by atoms with Crippen molar-refractivity contribution in [3.8, 4) is 0 Å². The summed E-state index contributed by atoms with van der Waals surface area (Å²) in [7, 11) is 4.35. The first-order valence-electron chi connectivity index (χ1n) is 7.83. The standard InChI is InChI=1S/C17H29N3/c1-6-18-16(17(2,3)20(4)5)14-11-7-9-13-10-8-12-19-15(13)14/h8,10,12,14,16,18H,6-7,9,11H2,1-5H3. The SMILES string of the molecule is CCNC(C1CCCc2cccnc21)C(C)(C)N(C)C. The topological polar surface area (TPSA) is 28.2 Å². The lowest BCUT2D eigenvalue weighted by Gasteiger charge is -2.45. The van der Waals surface area contributed by atoms with Gasteiger partial charge in [0, 0.05) is 29.4 Å². The molecule has 0 amide bonds. The first kappa shape index (κ1) is 15.5. The predicted molar refractivity (Wildman–Crippen MR) is 85.1 cm³/mol. The smallest absolute Gasteiger partial charge is 0.0482 e. The van der Waals surface area contributed by atoms with Crippen LogP contribution < -0.4 is 5.32 Å². The molecule has 20 heavy (non-hydrogen) atoms. The predicted octanol–water partition coefficient (Wildman–Crippen LogP) is 2.82. The van der Waals surface area contributed by atoms with Crippen LogP contribution in [0.4, 0.5) is 0 Å². The molecule has 1 N–H and O–H groups in total. The first-order valence-corrected chi connectivity index (χ1v) is 7.83. The van der Waals surface area contributed by atoms with Gasteiger partial charge in [-0.1, -0.05) is 13.0 Å². The zero-order chi connectivity index (χ0) is 14.8. The molecule has 1 aromatic heterocycles. The molecule has 1 aliphatic rings. The minimum absolute atomic E-state index is 0.104. The molecule has 0 bridgehead atoms. The highest BCUT2D eigenvalue weighted by atomic mass is 15.2. The van der Waals surface area contributed by atoms with Gasteiger partial charge in [-0.2, -0.15) is 0 Å². The Labute approximate surface area is 123 Å². The zero-order valence-corrected chi connectivity index (χ0v) is 13.6. The van der Waals surface area contributed by atoms with E-state index in [2.05, 4.69) is 57.2 Å². The Hall–Kier alpha value is -0.930. The van der Waals surface area contributed by atoms with Crippen LogP contribution in [0.15, 0.2) is 18.3 Å². The normalized spacial score (nSPS) is 20.8. The number of nitrogens with one attached hydrogen (secondary N) is 1. The minimum atomic E-state index is 0.104. The van der Waals surface area contributed by atoms with Gasteiger partial charge in [-0.25, -0.2) is 0 Å². The molecule has 0 saturated heterocycles. The summed E-state index contributed by atoms with van der Waals surface area (Å²) >= 11 is 0. The fourth-order valence-corrected chi connectivity index (χ4v) is 3.35. The van der Waals surface area contributed by atoms with E-state index in [1.165, 1.54) is 30.5 Å². The van der Waals surface area contributed by atoms with Gasteiger partial charge >= 0.3 is 0 Å². The van der Waals surface area contributed by atoms with Crippen LogP contribution in [0.2, 0.25) is 0 Å². The molecule has 2 atom stereocenters. The van der Waals surface area contributed by atoms with Gasteiger partial charge in [0.1, 0.15) is 0 Å². The third-order valence-corrected chi connectivity index (χ3v) is 4.98. The van der Waals surface area contributed by atoms with Gasteiger partial charge in [-0.05, 0) is 65.4 Å². The number of aryl methyl sites for hydroxylation is 1. The number of hydrogen-bond donors (Lipinski definition) is 1. The third kappa shape index (κ3) is 2.89. The maximum atomic E-state index is 4.72. The lowest BCUT2D eigenvalue weighted by atomic mass is 9.75. The minimum Gasteiger partial charge on any atom is -0.312 e. The zero-order valence-electron chi connectivity index (χ0n) is 13.6. The van der Waals surface area contributed by atoms with E-state index in [0.717, 1.165) is 6.54 Å². The van der Waals surface area contributed by atoms with Crippen LogP contribution in [0.3, 0.4) is 0 Å². The van der Waals surface area contributed by atoms with Crippen LogP contribution in [-0.2, 0) is 6.42 Å². The van der Waals surface area contributed by atoms with Crippen LogP contribution in [-0.4, -0.2) is 42.1 Å². The van der Waals surface area contributed by atoms with Crippen LogP contribution in [0.1, 0.15) is 50.8 Å². The van der Waals surface area contributed by atoms with E-state index in [1.54, 1.807) is 0 Å². The number of hydrogen-bond acceptors (Lipinski definition) is 3. The quantitative estimate of drug-likeness (QED) is 0.895. The van der Waals surface area contributed by atoms with Crippen molar-refractivity contribution in [2.75, 3.05) is 20.6 Å². The number of fused-ring (bicyclic) bond motifs is 1. The molecule has 0 aromatic carbocycles. The number of aromatic nitrogens is 1. The molecule has 1 heterocycles. The maximum Gasteiger partial charge on any atom is 0.0482 e. The summed E-state index contributed by atoms with van der Waals surface area (Å²) in [5.74, 6) is 0.511. The lowest BCUT2D eigenvalue weighted by Crippen LogP contribution is -2.58. The van der Waals surface area contributed by atoms with Crippen LogP contribution in [0.5, 0.6) is 0 Å². The second kappa shape index (κ2) is 6.23. The monoisotopic (exact) mass is 275 g/mol. The van der Waals surface area contributed by atoms with Crippen molar-refractivity contribution in [3.05, 3.63) is 29.6 Å². The van der Waals surface area contributed by atoms with Crippen molar-refractivity contribution < 1.29 is 0 Å². The highest BCUT2D eigenvalue weighted by molar-refractivity contribution is 5.28. The Balaban J connectivity index is 2.36. The van der Waals surface area contributed by atoms with Crippen LogP contribution in [0.25, 0.3) is 0 Å². The Morgan fingerprint density at radius 3 is 2.85 bits per heavy atom.